The number of anilines is 2. The fourth-order valence-electron chi connectivity index (χ4n) is 5.44. The Morgan fingerprint density at radius 2 is 1.76 bits per heavy atom. The number of fused-ring (bicyclic) bond motifs is 4. The van der Waals surface area contributed by atoms with Crippen molar-refractivity contribution in [3.05, 3.63) is 101 Å². The van der Waals surface area contributed by atoms with Crippen LogP contribution in [0.3, 0.4) is 0 Å². The summed E-state index contributed by atoms with van der Waals surface area (Å²) in [5.41, 5.74) is 4.03. The number of nitrogens with zero attached hydrogens (tertiary/aromatic N) is 2. The molecule has 1 amide bonds. The van der Waals surface area contributed by atoms with Crippen LogP contribution in [0.2, 0.25) is 0 Å². The molecule has 1 N–H and O–H groups in total. The molecule has 0 bridgehead atoms. The van der Waals surface area contributed by atoms with Crippen molar-refractivity contribution in [1.82, 2.24) is 4.98 Å². The predicted molar refractivity (Wildman–Crippen MR) is 165 cm³/mol. The van der Waals surface area contributed by atoms with Crippen molar-refractivity contribution in [2.75, 3.05) is 36.5 Å². The molecule has 4 heterocycles. The van der Waals surface area contributed by atoms with E-state index in [9.17, 15) is 9.59 Å². The lowest BCUT2D eigenvalue weighted by atomic mass is 10.00. The number of amides is 1. The number of para-hydroxylation sites is 1. The number of carbonyl (C=O) groups is 1. The molecule has 1 aliphatic heterocycles. The molecule has 8 heteroatoms. The van der Waals surface area contributed by atoms with Crippen molar-refractivity contribution in [3.8, 4) is 11.1 Å². The van der Waals surface area contributed by atoms with Gasteiger partial charge in [0.15, 0.2) is 11.3 Å². The van der Waals surface area contributed by atoms with Gasteiger partial charge in [0, 0.05) is 68.5 Å². The minimum atomic E-state index is -0.325. The van der Waals surface area contributed by atoms with E-state index in [1.54, 1.807) is 29.8 Å². The molecule has 0 radical (unpaired) electrons. The van der Waals surface area contributed by atoms with E-state index in [0.717, 1.165) is 42.6 Å². The van der Waals surface area contributed by atoms with Crippen molar-refractivity contribution in [3.63, 3.8) is 0 Å². The SMILES string of the molecule is CC(C(=O)Nc1ccc2sc3c(-c4cccc5c(=O)cc(N6CCOCC6)oc45)cccc3c2c1)c1cccnc1. The average Bonchev–Trinajstić information content (AvgIpc) is 3.39. The number of rotatable bonds is 5. The zero-order valence-corrected chi connectivity index (χ0v) is 23.2. The van der Waals surface area contributed by atoms with E-state index in [2.05, 4.69) is 27.3 Å². The van der Waals surface area contributed by atoms with E-state index in [0.29, 0.717) is 43.2 Å². The zero-order valence-electron chi connectivity index (χ0n) is 22.4. The third-order valence-corrected chi connectivity index (χ3v) is 8.92. The average molecular weight is 562 g/mol. The van der Waals surface area contributed by atoms with Crippen LogP contribution in [0.1, 0.15) is 18.4 Å². The maximum absolute atomic E-state index is 13.1. The number of pyridine rings is 1. The molecule has 0 saturated carbocycles. The fraction of sp³-hybridized carbons (Fsp3) is 0.182. The Hall–Kier alpha value is -4.53. The van der Waals surface area contributed by atoms with Crippen molar-refractivity contribution in [2.24, 2.45) is 0 Å². The standard InChI is InChI=1S/C33H27N3O4S/c1-20(21-5-4-12-34-19-21)33(38)35-22-10-11-29-27(17-22)25-8-3-7-24(32(25)41-29)23-6-2-9-26-28(37)18-30(40-31(23)26)36-13-15-39-16-14-36/h2-12,17-20H,13-16H2,1H3,(H,35,38). The predicted octanol–water partition coefficient (Wildman–Crippen LogP) is 6.80. The molecule has 7 nitrogen and oxygen atoms in total. The molecule has 0 aliphatic carbocycles. The lowest BCUT2D eigenvalue weighted by Crippen LogP contribution is -2.36. The Morgan fingerprint density at radius 3 is 2.56 bits per heavy atom. The lowest BCUT2D eigenvalue weighted by molar-refractivity contribution is -0.117. The summed E-state index contributed by atoms with van der Waals surface area (Å²) in [5, 5.41) is 5.79. The van der Waals surface area contributed by atoms with Gasteiger partial charge in [0.25, 0.3) is 0 Å². The molecule has 1 atom stereocenters. The van der Waals surface area contributed by atoms with E-state index < -0.39 is 0 Å². The van der Waals surface area contributed by atoms with E-state index in [1.807, 2.05) is 61.5 Å². The van der Waals surface area contributed by atoms with Crippen LogP contribution < -0.4 is 15.6 Å². The van der Waals surface area contributed by atoms with Crippen LogP contribution in [0.4, 0.5) is 11.6 Å². The van der Waals surface area contributed by atoms with Gasteiger partial charge < -0.3 is 19.4 Å². The Labute approximate surface area is 240 Å². The Morgan fingerprint density at radius 1 is 0.951 bits per heavy atom. The van der Waals surface area contributed by atoms with Crippen LogP contribution in [0.5, 0.6) is 0 Å². The molecule has 1 aliphatic rings. The minimum Gasteiger partial charge on any atom is -0.440 e. The molecule has 7 rings (SSSR count). The molecule has 3 aromatic carbocycles. The number of hydrogen-bond donors (Lipinski definition) is 1. The van der Waals surface area contributed by atoms with Gasteiger partial charge in [0.2, 0.25) is 5.91 Å². The second-order valence-electron chi connectivity index (χ2n) is 10.2. The zero-order chi connectivity index (χ0) is 27.9. The number of morpholine rings is 1. The molecule has 1 saturated heterocycles. The van der Waals surface area contributed by atoms with Crippen molar-refractivity contribution >= 4 is 60.0 Å². The molecule has 1 fully saturated rings. The van der Waals surface area contributed by atoms with E-state index in [4.69, 9.17) is 9.15 Å². The number of thiophene rings is 1. The number of carbonyl (C=O) groups excluding carboxylic acids is 1. The Kier molecular flexibility index (Phi) is 6.49. The first-order valence-electron chi connectivity index (χ1n) is 13.6. The summed E-state index contributed by atoms with van der Waals surface area (Å²) < 4.78 is 14.1. The van der Waals surface area contributed by atoms with Gasteiger partial charge in [-0.2, -0.15) is 0 Å². The van der Waals surface area contributed by atoms with E-state index in [1.165, 1.54) is 0 Å². The first-order chi connectivity index (χ1) is 20.1. The van der Waals surface area contributed by atoms with Gasteiger partial charge in [-0.15, -0.1) is 11.3 Å². The van der Waals surface area contributed by atoms with Gasteiger partial charge in [0.1, 0.15) is 5.58 Å². The number of aromatic nitrogens is 1. The highest BCUT2D eigenvalue weighted by Crippen LogP contribution is 2.42. The number of hydrogen-bond acceptors (Lipinski definition) is 7. The van der Waals surface area contributed by atoms with Crippen LogP contribution in [0.15, 0.2) is 94.4 Å². The summed E-state index contributed by atoms with van der Waals surface area (Å²) in [6.45, 7) is 4.46. The van der Waals surface area contributed by atoms with Gasteiger partial charge in [-0.3, -0.25) is 14.6 Å². The molecule has 0 spiro atoms. The topological polar surface area (TPSA) is 84.7 Å². The summed E-state index contributed by atoms with van der Waals surface area (Å²) in [6.07, 6.45) is 3.42. The number of ether oxygens (including phenoxy) is 1. The smallest absolute Gasteiger partial charge is 0.231 e. The van der Waals surface area contributed by atoms with E-state index in [-0.39, 0.29) is 17.3 Å². The highest BCUT2D eigenvalue weighted by Gasteiger charge is 2.20. The lowest BCUT2D eigenvalue weighted by Gasteiger charge is -2.27. The fourth-order valence-corrected chi connectivity index (χ4v) is 6.65. The van der Waals surface area contributed by atoms with Crippen LogP contribution in [-0.2, 0) is 9.53 Å². The minimum absolute atomic E-state index is 0.0565. The molecular formula is C33H27N3O4S. The van der Waals surface area contributed by atoms with Gasteiger partial charge in [-0.05, 0) is 42.8 Å². The van der Waals surface area contributed by atoms with Crippen LogP contribution in [0.25, 0.3) is 42.3 Å². The Balaban J connectivity index is 1.30. The summed E-state index contributed by atoms with van der Waals surface area (Å²) in [4.78, 5) is 32.3. The first kappa shape index (κ1) is 25.4. The van der Waals surface area contributed by atoms with Crippen LogP contribution in [-0.4, -0.2) is 37.2 Å². The quantitative estimate of drug-likeness (QED) is 0.249. The molecule has 1 unspecified atom stereocenters. The van der Waals surface area contributed by atoms with Gasteiger partial charge in [0.05, 0.1) is 24.5 Å². The first-order valence-corrected chi connectivity index (χ1v) is 14.4. The summed E-state index contributed by atoms with van der Waals surface area (Å²) in [5.74, 6) is 0.163. The molecular weight excluding hydrogens is 534 g/mol. The highest BCUT2D eigenvalue weighted by atomic mass is 32.1. The second kappa shape index (κ2) is 10.5. The highest BCUT2D eigenvalue weighted by molar-refractivity contribution is 7.26. The van der Waals surface area contributed by atoms with Gasteiger partial charge >= 0.3 is 0 Å². The largest absolute Gasteiger partial charge is 0.440 e. The molecule has 3 aromatic heterocycles. The number of benzene rings is 3. The summed E-state index contributed by atoms with van der Waals surface area (Å²) >= 11 is 1.69. The van der Waals surface area contributed by atoms with Crippen molar-refractivity contribution in [2.45, 2.75) is 12.8 Å². The molecule has 41 heavy (non-hydrogen) atoms. The summed E-state index contributed by atoms with van der Waals surface area (Å²) in [7, 11) is 0. The molecule has 204 valence electrons. The normalized spacial score (nSPS) is 14.5. The van der Waals surface area contributed by atoms with Crippen LogP contribution >= 0.6 is 11.3 Å². The maximum atomic E-state index is 13.1. The third kappa shape index (κ3) is 4.65. The third-order valence-electron chi connectivity index (χ3n) is 7.70. The monoisotopic (exact) mass is 561 g/mol. The number of nitrogens with one attached hydrogen (secondary N) is 1. The second-order valence-corrected chi connectivity index (χ2v) is 11.3. The molecule has 6 aromatic rings. The summed E-state index contributed by atoms with van der Waals surface area (Å²) in [6, 6.07) is 23.3. The Bertz CT molecular complexity index is 1980. The maximum Gasteiger partial charge on any atom is 0.231 e. The van der Waals surface area contributed by atoms with Crippen LogP contribution in [0, 0.1) is 0 Å². The van der Waals surface area contributed by atoms with Crippen molar-refractivity contribution < 1.29 is 13.9 Å². The van der Waals surface area contributed by atoms with E-state index >= 15 is 0 Å². The van der Waals surface area contributed by atoms with Gasteiger partial charge in [-0.1, -0.05) is 36.4 Å². The van der Waals surface area contributed by atoms with Crippen molar-refractivity contribution in [1.29, 1.82) is 0 Å². The van der Waals surface area contributed by atoms with Gasteiger partial charge in [-0.25, -0.2) is 0 Å².